The van der Waals surface area contributed by atoms with E-state index in [1.165, 1.54) is 4.90 Å². The van der Waals surface area contributed by atoms with Crippen LogP contribution in [0.2, 0.25) is 0 Å². The molecule has 6 atom stereocenters. The van der Waals surface area contributed by atoms with Crippen LogP contribution in [-0.4, -0.2) is 98.0 Å². The SMILES string of the molecule is CN(C)c1ccc(-c2nc3cc(N(C)C)c4c(c3o2)C(=O)C2C(=O)[C@]3(O)C(=O)C(C(N)=O)C(=O)[C@@H](N(C)C)[C@@H]3C[C@@H]2C4)cc1. The molecular weight excluding hydrogens is 566 g/mol. The van der Waals surface area contributed by atoms with E-state index in [0.717, 1.165) is 11.4 Å². The molecule has 6 rings (SSSR count). The Morgan fingerprint density at radius 2 is 1.66 bits per heavy atom. The molecule has 0 spiro atoms. The first-order chi connectivity index (χ1) is 20.7. The van der Waals surface area contributed by atoms with Gasteiger partial charge < -0.3 is 25.1 Å². The molecule has 44 heavy (non-hydrogen) atoms. The topological polar surface area (TPSA) is 167 Å². The number of benzene rings is 2. The van der Waals surface area contributed by atoms with E-state index in [-0.39, 0.29) is 24.0 Å². The number of nitrogens with two attached hydrogens (primary N) is 1. The largest absolute Gasteiger partial charge is 0.435 e. The van der Waals surface area contributed by atoms with Crippen molar-refractivity contribution in [2.75, 3.05) is 52.1 Å². The number of carbonyl (C=O) groups is 5. The van der Waals surface area contributed by atoms with Crippen molar-refractivity contribution in [3.05, 3.63) is 41.5 Å². The van der Waals surface area contributed by atoms with Crippen LogP contribution < -0.4 is 15.5 Å². The third kappa shape index (κ3) is 4.04. The first-order valence-corrected chi connectivity index (χ1v) is 14.4. The van der Waals surface area contributed by atoms with Crippen LogP contribution in [-0.2, 0) is 25.6 Å². The van der Waals surface area contributed by atoms with E-state index in [1.807, 2.05) is 68.3 Å². The van der Waals surface area contributed by atoms with Gasteiger partial charge in [0.1, 0.15) is 5.52 Å². The maximum atomic E-state index is 14.4. The second kappa shape index (κ2) is 10.1. The molecule has 0 aliphatic heterocycles. The van der Waals surface area contributed by atoms with Crippen LogP contribution in [0.15, 0.2) is 34.7 Å². The number of aliphatic hydroxyl groups is 1. The van der Waals surface area contributed by atoms with E-state index in [1.54, 1.807) is 14.1 Å². The summed E-state index contributed by atoms with van der Waals surface area (Å²) in [5.41, 5.74) is 6.60. The molecule has 1 aromatic heterocycles. The summed E-state index contributed by atoms with van der Waals surface area (Å²) in [6, 6.07) is 8.30. The van der Waals surface area contributed by atoms with Gasteiger partial charge in [-0.15, -0.1) is 0 Å². The number of rotatable bonds is 5. The zero-order valence-electron chi connectivity index (χ0n) is 25.5. The molecule has 2 saturated carbocycles. The van der Waals surface area contributed by atoms with E-state index in [4.69, 9.17) is 10.2 Å². The van der Waals surface area contributed by atoms with Gasteiger partial charge in [0.2, 0.25) is 11.8 Å². The molecule has 12 nitrogen and oxygen atoms in total. The Kier molecular flexibility index (Phi) is 6.78. The van der Waals surface area contributed by atoms with Gasteiger partial charge in [-0.25, -0.2) is 4.98 Å². The molecule has 2 aromatic carbocycles. The molecule has 2 unspecified atom stereocenters. The van der Waals surface area contributed by atoms with Crippen LogP contribution in [0.3, 0.4) is 0 Å². The number of nitrogens with zero attached hydrogens (tertiary/aromatic N) is 4. The summed E-state index contributed by atoms with van der Waals surface area (Å²) in [5, 5.41) is 11.9. The summed E-state index contributed by atoms with van der Waals surface area (Å²) in [6.45, 7) is 0. The number of likely N-dealkylation sites (N-methyl/N-ethyl adjacent to an activating group) is 1. The van der Waals surface area contributed by atoms with Crippen molar-refractivity contribution in [3.63, 3.8) is 0 Å². The molecule has 0 radical (unpaired) electrons. The summed E-state index contributed by atoms with van der Waals surface area (Å²) < 4.78 is 6.22. The second-order valence-electron chi connectivity index (χ2n) is 12.7. The van der Waals surface area contributed by atoms with Gasteiger partial charge in [0.05, 0.1) is 17.5 Å². The fourth-order valence-electron chi connectivity index (χ4n) is 7.46. The number of aromatic nitrogens is 1. The van der Waals surface area contributed by atoms with Crippen molar-refractivity contribution >= 4 is 51.5 Å². The van der Waals surface area contributed by atoms with Crippen LogP contribution in [0.1, 0.15) is 22.3 Å². The Bertz CT molecular complexity index is 1760. The molecule has 1 heterocycles. The van der Waals surface area contributed by atoms with Gasteiger partial charge in [0.15, 0.2) is 40.2 Å². The lowest BCUT2D eigenvalue weighted by Crippen LogP contribution is -2.74. The van der Waals surface area contributed by atoms with Crippen LogP contribution in [0.5, 0.6) is 0 Å². The number of ketones is 4. The summed E-state index contributed by atoms with van der Waals surface area (Å²) in [6.07, 6.45) is 0.303. The number of hydrogen-bond donors (Lipinski definition) is 2. The van der Waals surface area contributed by atoms with Crippen molar-refractivity contribution in [2.45, 2.75) is 24.5 Å². The number of Topliss-reactive ketones (excluding diaryl/α,β-unsaturated/α-hetero) is 4. The number of primary amides is 1. The number of anilines is 2. The fraction of sp³-hybridized carbons (Fsp3) is 0.438. The lowest BCUT2D eigenvalue weighted by atomic mass is 9.52. The Hall–Kier alpha value is -4.42. The minimum Gasteiger partial charge on any atom is -0.435 e. The maximum absolute atomic E-state index is 14.4. The molecule has 3 aliphatic carbocycles. The highest BCUT2D eigenvalue weighted by Gasteiger charge is 2.69. The van der Waals surface area contributed by atoms with Crippen LogP contribution >= 0.6 is 0 Å². The Balaban J connectivity index is 1.50. The zero-order valence-corrected chi connectivity index (χ0v) is 25.5. The van der Waals surface area contributed by atoms with Crippen molar-refractivity contribution in [1.29, 1.82) is 0 Å². The molecule has 1 amide bonds. The van der Waals surface area contributed by atoms with Gasteiger partial charge in [-0.3, -0.25) is 28.9 Å². The van der Waals surface area contributed by atoms with E-state index in [9.17, 15) is 29.1 Å². The molecule has 0 saturated heterocycles. The summed E-state index contributed by atoms with van der Waals surface area (Å²) in [4.78, 5) is 77.8. The zero-order chi connectivity index (χ0) is 32.0. The third-order valence-electron chi connectivity index (χ3n) is 9.53. The first-order valence-electron chi connectivity index (χ1n) is 14.4. The minimum absolute atomic E-state index is 0.0364. The number of amides is 1. The average molecular weight is 602 g/mol. The van der Waals surface area contributed by atoms with E-state index in [0.29, 0.717) is 22.5 Å². The predicted molar refractivity (Wildman–Crippen MR) is 161 cm³/mol. The van der Waals surface area contributed by atoms with Gasteiger partial charge in [-0.05, 0) is 68.8 Å². The standard InChI is InChI=1S/C32H35N5O7/c1-35(2)16-9-7-14(8-10-16)31-34-19-13-20(36(3)4)17-11-15-12-18-24(37(5)6)26(39)23(30(33)42)29(41)32(18,43)28(40)21(15)25(38)22(17)27(19)44-31/h7-10,13,15,18,21,23-24,43H,11-12H2,1-6H3,(H2,33,42)/t15-,18-,21?,23?,24-,32-/m0/s1. The molecule has 230 valence electrons. The molecule has 0 bridgehead atoms. The van der Waals surface area contributed by atoms with Gasteiger partial charge in [0, 0.05) is 51.0 Å². The predicted octanol–water partition coefficient (Wildman–Crippen LogP) is 1.10. The van der Waals surface area contributed by atoms with Gasteiger partial charge in [0.25, 0.3) is 0 Å². The fourth-order valence-corrected chi connectivity index (χ4v) is 7.46. The molecule has 3 N–H and O–H groups in total. The summed E-state index contributed by atoms with van der Waals surface area (Å²) in [5.74, 6) is -9.66. The number of fused-ring (bicyclic) bond motifs is 5. The van der Waals surface area contributed by atoms with Crippen molar-refractivity contribution in [3.8, 4) is 11.5 Å². The normalized spacial score (nSPS) is 28.1. The monoisotopic (exact) mass is 601 g/mol. The highest BCUT2D eigenvalue weighted by molar-refractivity contribution is 6.32. The van der Waals surface area contributed by atoms with E-state index in [2.05, 4.69) is 4.98 Å². The highest BCUT2D eigenvalue weighted by Crippen LogP contribution is 2.51. The Morgan fingerprint density at radius 1 is 1.00 bits per heavy atom. The molecule has 3 aromatic rings. The van der Waals surface area contributed by atoms with Gasteiger partial charge in [-0.2, -0.15) is 0 Å². The quantitative estimate of drug-likeness (QED) is 0.402. The maximum Gasteiger partial charge on any atom is 0.235 e. The molecule has 12 heteroatoms. The van der Waals surface area contributed by atoms with Crippen LogP contribution in [0, 0.1) is 23.7 Å². The highest BCUT2D eigenvalue weighted by atomic mass is 16.3. The second-order valence-corrected chi connectivity index (χ2v) is 12.7. The van der Waals surface area contributed by atoms with Crippen molar-refractivity contribution in [2.24, 2.45) is 29.4 Å². The molecular formula is C32H35N5O7. The lowest BCUT2D eigenvalue weighted by Gasteiger charge is -2.52. The number of oxazole rings is 1. The van der Waals surface area contributed by atoms with Gasteiger partial charge in [-0.1, -0.05) is 0 Å². The van der Waals surface area contributed by atoms with Crippen LogP contribution in [0.4, 0.5) is 11.4 Å². The van der Waals surface area contributed by atoms with Crippen molar-refractivity contribution in [1.82, 2.24) is 9.88 Å². The van der Waals surface area contributed by atoms with Crippen LogP contribution in [0.25, 0.3) is 22.6 Å². The first kappa shape index (κ1) is 29.6. The summed E-state index contributed by atoms with van der Waals surface area (Å²) in [7, 11) is 10.7. The summed E-state index contributed by atoms with van der Waals surface area (Å²) >= 11 is 0. The molecule has 3 aliphatic rings. The van der Waals surface area contributed by atoms with E-state index >= 15 is 0 Å². The lowest BCUT2D eigenvalue weighted by molar-refractivity contribution is -0.181. The minimum atomic E-state index is -2.73. The third-order valence-corrected chi connectivity index (χ3v) is 9.53. The Labute approximate surface area is 253 Å². The van der Waals surface area contributed by atoms with Crippen molar-refractivity contribution < 1.29 is 33.5 Å². The molecule has 2 fully saturated rings. The average Bonchev–Trinajstić information content (AvgIpc) is 3.38. The number of hydrogen-bond acceptors (Lipinski definition) is 11. The smallest absolute Gasteiger partial charge is 0.235 e. The Morgan fingerprint density at radius 3 is 2.23 bits per heavy atom. The van der Waals surface area contributed by atoms with E-state index < -0.39 is 64.4 Å². The number of carbonyl (C=O) groups excluding carboxylic acids is 5. The van der Waals surface area contributed by atoms with Gasteiger partial charge >= 0.3 is 0 Å².